The number of carbonyl (C=O) groups is 2. The molecule has 1 aliphatic heterocycles. The van der Waals surface area contributed by atoms with Gasteiger partial charge in [-0.1, -0.05) is 30.3 Å². The highest BCUT2D eigenvalue weighted by Gasteiger charge is 2.36. The molecule has 1 unspecified atom stereocenters. The molecular weight excluding hydrogens is 364 g/mol. The fourth-order valence-corrected chi connectivity index (χ4v) is 3.94. The maximum absolute atomic E-state index is 12.7. The van der Waals surface area contributed by atoms with E-state index in [2.05, 4.69) is 51.7 Å². The van der Waals surface area contributed by atoms with E-state index in [1.165, 1.54) is 5.56 Å². The molecule has 2 amide bonds. The average molecular weight is 393 g/mol. The van der Waals surface area contributed by atoms with Crippen molar-refractivity contribution in [2.24, 2.45) is 5.92 Å². The van der Waals surface area contributed by atoms with Crippen molar-refractivity contribution < 1.29 is 9.59 Å². The van der Waals surface area contributed by atoms with Gasteiger partial charge < -0.3 is 10.6 Å². The zero-order valence-electron chi connectivity index (χ0n) is 16.9. The molecule has 2 aliphatic rings. The molecule has 6 heteroatoms. The maximum atomic E-state index is 12.7. The van der Waals surface area contributed by atoms with Crippen molar-refractivity contribution >= 4 is 17.6 Å². The zero-order valence-corrected chi connectivity index (χ0v) is 16.9. The van der Waals surface area contributed by atoms with Crippen LogP contribution in [-0.2, 0) is 11.3 Å². The lowest BCUT2D eigenvalue weighted by Crippen LogP contribution is -2.49. The van der Waals surface area contributed by atoms with Crippen LogP contribution in [0.25, 0.3) is 0 Å². The summed E-state index contributed by atoms with van der Waals surface area (Å²) in [4.78, 5) is 31.3. The highest BCUT2D eigenvalue weighted by molar-refractivity contribution is 5.97. The first kappa shape index (κ1) is 19.6. The molecule has 1 saturated heterocycles. The lowest BCUT2D eigenvalue weighted by atomic mass is 9.98. The molecule has 2 N–H and O–H groups in total. The Morgan fingerprint density at radius 1 is 1.21 bits per heavy atom. The van der Waals surface area contributed by atoms with Crippen LogP contribution in [0.2, 0.25) is 0 Å². The van der Waals surface area contributed by atoms with Gasteiger partial charge in [-0.15, -0.1) is 0 Å². The van der Waals surface area contributed by atoms with Gasteiger partial charge in [0.15, 0.2) is 0 Å². The van der Waals surface area contributed by atoms with Gasteiger partial charge in [-0.3, -0.25) is 14.5 Å². The number of nitrogens with zero attached hydrogens (tertiary/aromatic N) is 2. The van der Waals surface area contributed by atoms with Crippen LogP contribution < -0.4 is 10.6 Å². The third kappa shape index (κ3) is 4.82. The summed E-state index contributed by atoms with van der Waals surface area (Å²) in [5.41, 5.74) is 1.74. The van der Waals surface area contributed by atoms with Crippen LogP contribution in [0.5, 0.6) is 0 Å². The van der Waals surface area contributed by atoms with Crippen molar-refractivity contribution in [1.29, 1.82) is 0 Å². The number of likely N-dealkylation sites (tertiary alicyclic amines) is 1. The van der Waals surface area contributed by atoms with E-state index in [1.807, 2.05) is 6.07 Å². The highest BCUT2D eigenvalue weighted by Crippen LogP contribution is 2.31. The summed E-state index contributed by atoms with van der Waals surface area (Å²) in [6.07, 6.45) is 5.62. The summed E-state index contributed by atoms with van der Waals surface area (Å²) >= 11 is 0. The maximum Gasteiger partial charge on any atom is 0.251 e. The van der Waals surface area contributed by atoms with Crippen LogP contribution in [0.3, 0.4) is 0 Å². The predicted octanol–water partition coefficient (Wildman–Crippen LogP) is 3.21. The Kier molecular flexibility index (Phi) is 5.62. The van der Waals surface area contributed by atoms with Crippen molar-refractivity contribution in [3.63, 3.8) is 0 Å². The second-order valence-corrected chi connectivity index (χ2v) is 8.38. The van der Waals surface area contributed by atoms with E-state index in [9.17, 15) is 9.59 Å². The van der Waals surface area contributed by atoms with Gasteiger partial charge in [0.25, 0.3) is 5.91 Å². The Morgan fingerprint density at radius 3 is 2.76 bits per heavy atom. The largest absolute Gasteiger partial charge is 0.350 e. The third-order valence-corrected chi connectivity index (χ3v) is 5.97. The van der Waals surface area contributed by atoms with Crippen LogP contribution in [0.15, 0.2) is 48.7 Å². The molecule has 0 bridgehead atoms. The first-order valence-corrected chi connectivity index (χ1v) is 10.4. The van der Waals surface area contributed by atoms with Crippen molar-refractivity contribution in [2.45, 2.75) is 44.7 Å². The van der Waals surface area contributed by atoms with E-state index in [0.29, 0.717) is 17.9 Å². The van der Waals surface area contributed by atoms with E-state index in [-0.39, 0.29) is 23.3 Å². The second-order valence-electron chi connectivity index (χ2n) is 8.38. The number of hydrogen-bond acceptors (Lipinski definition) is 4. The van der Waals surface area contributed by atoms with Crippen LogP contribution in [0, 0.1) is 5.92 Å². The summed E-state index contributed by atoms with van der Waals surface area (Å²) in [6, 6.07) is 13.8. The number of benzene rings is 1. The van der Waals surface area contributed by atoms with Gasteiger partial charge in [-0.05, 0) is 56.8 Å². The number of amides is 2. The topological polar surface area (TPSA) is 74.3 Å². The standard InChI is InChI=1S/C23H28N4O2/c1-23(11-5-13-27(23)15-17-6-3-2-4-7-17)16-25-21(28)19-10-12-24-20(14-19)26-22(29)18-8-9-18/h2-4,6-7,10,12,14,18H,5,8-9,11,13,15-16H2,1H3,(H,25,28)(H,24,26,29). The lowest BCUT2D eigenvalue weighted by molar-refractivity contribution is -0.117. The number of anilines is 1. The molecule has 1 aliphatic carbocycles. The number of pyridine rings is 1. The SMILES string of the molecule is CC1(CNC(=O)c2ccnc(NC(=O)C3CC3)c2)CCCN1Cc1ccccc1. The van der Waals surface area contributed by atoms with E-state index in [1.54, 1.807) is 18.3 Å². The van der Waals surface area contributed by atoms with Crippen molar-refractivity contribution in [3.05, 3.63) is 59.8 Å². The van der Waals surface area contributed by atoms with Gasteiger partial charge in [0.1, 0.15) is 5.82 Å². The van der Waals surface area contributed by atoms with Gasteiger partial charge in [-0.2, -0.15) is 0 Å². The number of rotatable bonds is 7. The molecule has 1 atom stereocenters. The summed E-state index contributed by atoms with van der Waals surface area (Å²) in [5, 5.41) is 5.89. The summed E-state index contributed by atoms with van der Waals surface area (Å²) in [6.45, 7) is 4.73. The minimum absolute atomic E-state index is 0.00919. The van der Waals surface area contributed by atoms with E-state index in [4.69, 9.17) is 0 Å². The molecule has 152 valence electrons. The summed E-state index contributed by atoms with van der Waals surface area (Å²) in [7, 11) is 0. The third-order valence-electron chi connectivity index (χ3n) is 5.97. The van der Waals surface area contributed by atoms with Crippen LogP contribution in [0.1, 0.15) is 48.5 Å². The van der Waals surface area contributed by atoms with Crippen molar-refractivity contribution in [3.8, 4) is 0 Å². The molecule has 29 heavy (non-hydrogen) atoms. The molecular formula is C23H28N4O2. The molecule has 0 spiro atoms. The van der Waals surface area contributed by atoms with Gasteiger partial charge in [0.2, 0.25) is 5.91 Å². The molecule has 2 fully saturated rings. The van der Waals surface area contributed by atoms with Crippen molar-refractivity contribution in [2.75, 3.05) is 18.4 Å². The molecule has 0 radical (unpaired) electrons. The van der Waals surface area contributed by atoms with E-state index in [0.717, 1.165) is 38.8 Å². The van der Waals surface area contributed by atoms with Crippen molar-refractivity contribution in [1.82, 2.24) is 15.2 Å². The van der Waals surface area contributed by atoms with Crippen LogP contribution in [0.4, 0.5) is 5.82 Å². The van der Waals surface area contributed by atoms with Gasteiger partial charge in [0, 0.05) is 36.3 Å². The normalized spacial score (nSPS) is 21.7. The monoisotopic (exact) mass is 392 g/mol. The smallest absolute Gasteiger partial charge is 0.251 e. The van der Waals surface area contributed by atoms with Gasteiger partial charge in [0.05, 0.1) is 0 Å². The minimum atomic E-state index is -0.137. The quantitative estimate of drug-likeness (QED) is 0.759. The van der Waals surface area contributed by atoms with Gasteiger partial charge in [-0.25, -0.2) is 4.98 Å². The lowest BCUT2D eigenvalue weighted by Gasteiger charge is -2.35. The first-order chi connectivity index (χ1) is 14.0. The van der Waals surface area contributed by atoms with E-state index < -0.39 is 0 Å². The Labute approximate surface area is 171 Å². The molecule has 1 aromatic carbocycles. The second kappa shape index (κ2) is 8.33. The van der Waals surface area contributed by atoms with Crippen LogP contribution >= 0.6 is 0 Å². The number of carbonyl (C=O) groups excluding carboxylic acids is 2. The first-order valence-electron chi connectivity index (χ1n) is 10.4. The number of aromatic nitrogens is 1. The average Bonchev–Trinajstić information content (AvgIpc) is 3.52. The Hall–Kier alpha value is -2.73. The molecule has 6 nitrogen and oxygen atoms in total. The number of nitrogens with one attached hydrogen (secondary N) is 2. The Bertz CT molecular complexity index is 881. The molecule has 4 rings (SSSR count). The van der Waals surface area contributed by atoms with E-state index >= 15 is 0 Å². The Balaban J connectivity index is 1.36. The summed E-state index contributed by atoms with van der Waals surface area (Å²) in [5.74, 6) is 0.395. The predicted molar refractivity (Wildman–Crippen MR) is 112 cm³/mol. The number of hydrogen-bond donors (Lipinski definition) is 2. The Morgan fingerprint density at radius 2 is 2.00 bits per heavy atom. The fraction of sp³-hybridized carbons (Fsp3) is 0.435. The minimum Gasteiger partial charge on any atom is -0.350 e. The van der Waals surface area contributed by atoms with Crippen LogP contribution in [-0.4, -0.2) is 40.3 Å². The molecule has 2 aromatic rings. The highest BCUT2D eigenvalue weighted by atomic mass is 16.2. The fourth-order valence-electron chi connectivity index (χ4n) is 3.94. The molecule has 1 saturated carbocycles. The molecule has 2 heterocycles. The summed E-state index contributed by atoms with van der Waals surface area (Å²) < 4.78 is 0. The zero-order chi connectivity index (χ0) is 20.3. The van der Waals surface area contributed by atoms with Gasteiger partial charge >= 0.3 is 0 Å². The molecule has 1 aromatic heterocycles.